The average Bonchev–Trinajstić information content (AvgIpc) is 2.77. The molecular formula is C25H18ClFN2O4. The van der Waals surface area contributed by atoms with E-state index in [9.17, 15) is 18.8 Å². The van der Waals surface area contributed by atoms with Gasteiger partial charge in [0.05, 0.1) is 10.7 Å². The smallest absolute Gasteiger partial charge is 0.335 e. The number of imide groups is 2. The Bertz CT molecular complexity index is 1280. The van der Waals surface area contributed by atoms with E-state index < -0.39 is 23.7 Å². The Labute approximate surface area is 194 Å². The second-order valence-corrected chi connectivity index (χ2v) is 7.73. The summed E-state index contributed by atoms with van der Waals surface area (Å²) in [7, 11) is 0. The van der Waals surface area contributed by atoms with E-state index in [1.165, 1.54) is 18.2 Å². The van der Waals surface area contributed by atoms with Crippen molar-refractivity contribution in [2.45, 2.75) is 13.5 Å². The molecule has 8 heteroatoms. The first-order valence-electron chi connectivity index (χ1n) is 9.98. The first-order valence-corrected chi connectivity index (χ1v) is 10.4. The summed E-state index contributed by atoms with van der Waals surface area (Å²) in [5, 5.41) is 2.41. The molecule has 3 aromatic rings. The zero-order valence-electron chi connectivity index (χ0n) is 17.5. The molecule has 0 spiro atoms. The molecule has 166 valence electrons. The molecule has 1 aliphatic rings. The summed E-state index contributed by atoms with van der Waals surface area (Å²) in [4.78, 5) is 38.9. The third-order valence-corrected chi connectivity index (χ3v) is 5.37. The molecule has 1 saturated heterocycles. The molecule has 0 radical (unpaired) electrons. The number of hydrogen-bond acceptors (Lipinski definition) is 4. The zero-order valence-corrected chi connectivity index (χ0v) is 18.2. The van der Waals surface area contributed by atoms with Crippen LogP contribution in [0.2, 0.25) is 5.02 Å². The highest BCUT2D eigenvalue weighted by Crippen LogP contribution is 2.27. The van der Waals surface area contributed by atoms with Crippen LogP contribution in [-0.2, 0) is 16.2 Å². The third-order valence-electron chi connectivity index (χ3n) is 5.01. The zero-order chi connectivity index (χ0) is 23.5. The molecule has 4 rings (SSSR count). The number of carbonyl (C=O) groups excluding carboxylic acids is 3. The monoisotopic (exact) mass is 464 g/mol. The van der Waals surface area contributed by atoms with Crippen LogP contribution in [0.3, 0.4) is 0 Å². The van der Waals surface area contributed by atoms with Crippen molar-refractivity contribution in [1.29, 1.82) is 0 Å². The fourth-order valence-corrected chi connectivity index (χ4v) is 3.58. The van der Waals surface area contributed by atoms with Gasteiger partial charge in [-0.1, -0.05) is 48.0 Å². The lowest BCUT2D eigenvalue weighted by molar-refractivity contribution is -0.122. The summed E-state index contributed by atoms with van der Waals surface area (Å²) >= 11 is 6.06. The molecule has 0 bridgehead atoms. The number of urea groups is 1. The molecule has 0 aromatic heterocycles. The van der Waals surface area contributed by atoms with Crippen molar-refractivity contribution in [3.63, 3.8) is 0 Å². The summed E-state index contributed by atoms with van der Waals surface area (Å²) < 4.78 is 19.8. The molecular weight excluding hydrogens is 447 g/mol. The van der Waals surface area contributed by atoms with Gasteiger partial charge in [-0.2, -0.15) is 0 Å². The van der Waals surface area contributed by atoms with Gasteiger partial charge in [0, 0.05) is 11.1 Å². The summed E-state index contributed by atoms with van der Waals surface area (Å²) in [6, 6.07) is 17.0. The predicted octanol–water partition coefficient (Wildman–Crippen LogP) is 5.03. The average molecular weight is 465 g/mol. The van der Waals surface area contributed by atoms with Crippen molar-refractivity contribution < 1.29 is 23.5 Å². The highest BCUT2D eigenvalue weighted by atomic mass is 35.5. The highest BCUT2D eigenvalue weighted by molar-refractivity contribution is 6.39. The van der Waals surface area contributed by atoms with E-state index in [1.54, 1.807) is 48.5 Å². The van der Waals surface area contributed by atoms with E-state index in [2.05, 4.69) is 5.32 Å². The SMILES string of the molecule is Cc1cccc(N2C(=O)NC(=O)/C(=C\c3ccccc3OCc3c(F)cccc3Cl)C2=O)c1. The van der Waals surface area contributed by atoms with Crippen LogP contribution in [0.25, 0.3) is 6.08 Å². The lowest BCUT2D eigenvalue weighted by Gasteiger charge is -2.26. The largest absolute Gasteiger partial charge is 0.488 e. The lowest BCUT2D eigenvalue weighted by Crippen LogP contribution is -2.54. The number of rotatable bonds is 5. The van der Waals surface area contributed by atoms with Crippen LogP contribution in [0.4, 0.5) is 14.9 Å². The normalized spacial score (nSPS) is 15.1. The van der Waals surface area contributed by atoms with Gasteiger partial charge < -0.3 is 4.74 Å². The summed E-state index contributed by atoms with van der Waals surface area (Å²) in [6.45, 7) is 1.67. The number of benzene rings is 3. The quantitative estimate of drug-likeness (QED) is 0.424. The Morgan fingerprint density at radius 3 is 2.55 bits per heavy atom. The summed E-state index contributed by atoms with van der Waals surface area (Å²) in [6.07, 6.45) is 1.34. The first-order chi connectivity index (χ1) is 15.8. The van der Waals surface area contributed by atoms with Gasteiger partial charge in [-0.25, -0.2) is 14.1 Å². The van der Waals surface area contributed by atoms with Crippen LogP contribution in [0.1, 0.15) is 16.7 Å². The number of amides is 4. The number of anilines is 1. The molecule has 1 heterocycles. The maximum absolute atomic E-state index is 14.1. The van der Waals surface area contributed by atoms with E-state index in [-0.39, 0.29) is 22.8 Å². The number of aryl methyl sites for hydroxylation is 1. The minimum atomic E-state index is -0.827. The van der Waals surface area contributed by atoms with E-state index in [1.807, 2.05) is 13.0 Å². The second-order valence-electron chi connectivity index (χ2n) is 7.32. The van der Waals surface area contributed by atoms with Crippen LogP contribution in [0.15, 0.2) is 72.3 Å². The van der Waals surface area contributed by atoms with Crippen LogP contribution in [0, 0.1) is 12.7 Å². The molecule has 0 aliphatic carbocycles. The number of carbonyl (C=O) groups is 3. The molecule has 6 nitrogen and oxygen atoms in total. The molecule has 1 aliphatic heterocycles. The summed E-state index contributed by atoms with van der Waals surface area (Å²) in [5.74, 6) is -1.78. The number of ether oxygens (including phenoxy) is 1. The van der Waals surface area contributed by atoms with Gasteiger partial charge in [-0.3, -0.25) is 14.9 Å². The van der Waals surface area contributed by atoms with Crippen LogP contribution < -0.4 is 15.0 Å². The minimum absolute atomic E-state index is 0.153. The van der Waals surface area contributed by atoms with Gasteiger partial charge in [-0.05, 0) is 48.9 Å². The fraction of sp³-hybridized carbons (Fsp3) is 0.0800. The number of nitrogens with zero attached hydrogens (tertiary/aromatic N) is 1. The Morgan fingerprint density at radius 2 is 1.79 bits per heavy atom. The maximum Gasteiger partial charge on any atom is 0.335 e. The Morgan fingerprint density at radius 1 is 1.03 bits per heavy atom. The molecule has 4 amide bonds. The molecule has 33 heavy (non-hydrogen) atoms. The van der Waals surface area contributed by atoms with Crippen molar-refractivity contribution in [1.82, 2.24) is 5.32 Å². The van der Waals surface area contributed by atoms with Gasteiger partial charge in [-0.15, -0.1) is 0 Å². The first kappa shape index (κ1) is 22.2. The van der Waals surface area contributed by atoms with Crippen LogP contribution in [-0.4, -0.2) is 17.8 Å². The van der Waals surface area contributed by atoms with Crippen molar-refractivity contribution in [2.75, 3.05) is 4.90 Å². The fourth-order valence-electron chi connectivity index (χ4n) is 3.37. The Kier molecular flexibility index (Phi) is 6.24. The minimum Gasteiger partial charge on any atom is -0.488 e. The van der Waals surface area contributed by atoms with Gasteiger partial charge in [0.1, 0.15) is 23.7 Å². The van der Waals surface area contributed by atoms with E-state index in [4.69, 9.17) is 16.3 Å². The molecule has 0 unspecified atom stereocenters. The van der Waals surface area contributed by atoms with Crippen LogP contribution >= 0.6 is 11.6 Å². The number of hydrogen-bond donors (Lipinski definition) is 1. The van der Waals surface area contributed by atoms with Gasteiger partial charge in [0.2, 0.25) is 0 Å². The number of nitrogens with one attached hydrogen (secondary N) is 1. The highest BCUT2D eigenvalue weighted by Gasteiger charge is 2.37. The molecule has 0 atom stereocenters. The molecule has 1 N–H and O–H groups in total. The third kappa shape index (κ3) is 4.63. The van der Waals surface area contributed by atoms with Crippen molar-refractivity contribution in [2.24, 2.45) is 0 Å². The number of halogens is 2. The van der Waals surface area contributed by atoms with Gasteiger partial charge >= 0.3 is 6.03 Å². The van der Waals surface area contributed by atoms with Crippen molar-refractivity contribution in [3.05, 3.63) is 99.8 Å². The topological polar surface area (TPSA) is 75.7 Å². The molecule has 3 aromatic carbocycles. The van der Waals surface area contributed by atoms with Crippen molar-refractivity contribution in [3.8, 4) is 5.75 Å². The lowest BCUT2D eigenvalue weighted by atomic mass is 10.1. The standard InChI is InChI=1S/C25H18ClFN2O4/c1-15-6-4-8-17(12-15)29-24(31)18(23(30)28-25(29)32)13-16-7-2-3-11-22(16)33-14-19-20(26)9-5-10-21(19)27/h2-13H,14H2,1H3,(H,28,30,32)/b18-13+. The molecule has 0 saturated carbocycles. The Balaban J connectivity index is 1.66. The van der Waals surface area contributed by atoms with E-state index in [0.29, 0.717) is 17.0 Å². The van der Waals surface area contributed by atoms with Crippen LogP contribution in [0.5, 0.6) is 5.75 Å². The van der Waals surface area contributed by atoms with Gasteiger partial charge in [0.15, 0.2) is 0 Å². The van der Waals surface area contributed by atoms with E-state index >= 15 is 0 Å². The van der Waals surface area contributed by atoms with Crippen molar-refractivity contribution >= 4 is 41.2 Å². The number of barbiturate groups is 1. The Hall–Kier alpha value is -3.97. The van der Waals surface area contributed by atoms with E-state index in [0.717, 1.165) is 10.5 Å². The second kappa shape index (κ2) is 9.26. The summed E-state index contributed by atoms with van der Waals surface area (Å²) in [5.41, 5.74) is 1.54. The van der Waals surface area contributed by atoms with Gasteiger partial charge in [0.25, 0.3) is 11.8 Å². The molecule has 1 fully saturated rings. The maximum atomic E-state index is 14.1. The number of para-hydroxylation sites is 1. The predicted molar refractivity (Wildman–Crippen MR) is 122 cm³/mol.